The van der Waals surface area contributed by atoms with Crippen LogP contribution in [0, 0.1) is 0 Å². The van der Waals surface area contributed by atoms with Gasteiger partial charge in [-0.15, -0.1) is 0 Å². The van der Waals surface area contributed by atoms with E-state index in [4.69, 9.17) is 0 Å². The lowest BCUT2D eigenvalue weighted by Gasteiger charge is -2.30. The molecule has 2 amide bonds. The van der Waals surface area contributed by atoms with E-state index in [1.54, 1.807) is 11.8 Å². The van der Waals surface area contributed by atoms with Crippen LogP contribution in [-0.4, -0.2) is 32.9 Å². The molecular weight excluding hydrogens is 410 g/mol. The van der Waals surface area contributed by atoms with E-state index in [2.05, 4.69) is 59.3 Å². The van der Waals surface area contributed by atoms with E-state index in [1.165, 1.54) is 54.4 Å². The Morgan fingerprint density at radius 3 is 2.36 bits per heavy atom. The highest BCUT2D eigenvalue weighted by Crippen LogP contribution is 2.30. The summed E-state index contributed by atoms with van der Waals surface area (Å²) in [6.45, 7) is 12.8. The maximum absolute atomic E-state index is 12.7. The van der Waals surface area contributed by atoms with Gasteiger partial charge in [0.1, 0.15) is 6.04 Å². The zero-order chi connectivity index (χ0) is 24.2. The summed E-state index contributed by atoms with van der Waals surface area (Å²) < 4.78 is 2.42. The second-order valence-corrected chi connectivity index (χ2v) is 10.1. The number of aromatic nitrogens is 1. The first kappa shape index (κ1) is 24.8. The monoisotopic (exact) mass is 449 g/mol. The summed E-state index contributed by atoms with van der Waals surface area (Å²) >= 11 is 0. The molecule has 0 aliphatic heterocycles. The first-order valence-corrected chi connectivity index (χ1v) is 12.2. The van der Waals surface area contributed by atoms with Crippen LogP contribution in [-0.2, 0) is 22.7 Å². The van der Waals surface area contributed by atoms with E-state index in [0.717, 1.165) is 12.1 Å². The normalized spacial score (nSPS) is 12.8. The van der Waals surface area contributed by atoms with E-state index in [0.29, 0.717) is 6.54 Å². The zero-order valence-corrected chi connectivity index (χ0v) is 21.1. The topological polar surface area (TPSA) is 54.3 Å². The van der Waals surface area contributed by atoms with Crippen molar-refractivity contribution in [3.63, 3.8) is 0 Å². The molecule has 0 radical (unpaired) electrons. The molecule has 5 nitrogen and oxygen atoms in total. The Labute approximate surface area is 198 Å². The van der Waals surface area contributed by atoms with E-state index < -0.39 is 6.04 Å². The standard InChI is InChI=1S/C28H39N3O2/c1-7-8-9-12-17-30-25-14-11-10-13-23(25)24-18-22(15-16-26(24)30)19-31(21(3)32)20(2)27(33)29-28(4,5)6/h10-11,13-16,18,20H,7-9,12,17,19H2,1-6H3,(H,29,33). The first-order chi connectivity index (χ1) is 15.6. The van der Waals surface area contributed by atoms with Gasteiger partial charge in [0.05, 0.1) is 0 Å². The molecule has 1 atom stereocenters. The number of fused-ring (bicyclic) bond motifs is 3. The number of unbranched alkanes of at least 4 members (excludes halogenated alkanes) is 3. The molecule has 3 rings (SSSR count). The molecule has 0 aliphatic rings. The number of amides is 2. The predicted octanol–water partition coefficient (Wildman–Crippen LogP) is 6.03. The molecule has 0 spiro atoms. The number of para-hydroxylation sites is 1. The fourth-order valence-electron chi connectivity index (χ4n) is 4.47. The number of hydrogen-bond donors (Lipinski definition) is 1. The number of rotatable bonds is 9. The van der Waals surface area contributed by atoms with Crippen LogP contribution >= 0.6 is 0 Å². The molecule has 0 fully saturated rings. The average molecular weight is 450 g/mol. The van der Waals surface area contributed by atoms with Crippen molar-refractivity contribution in [3.8, 4) is 0 Å². The number of nitrogens with zero attached hydrogens (tertiary/aromatic N) is 2. The summed E-state index contributed by atoms with van der Waals surface area (Å²) in [7, 11) is 0. The van der Waals surface area contributed by atoms with Crippen molar-refractivity contribution < 1.29 is 9.59 Å². The Hall–Kier alpha value is -2.82. The molecule has 33 heavy (non-hydrogen) atoms. The second kappa shape index (κ2) is 10.4. The van der Waals surface area contributed by atoms with E-state index >= 15 is 0 Å². The second-order valence-electron chi connectivity index (χ2n) is 10.1. The SMILES string of the molecule is CCCCCCn1c2ccccc2c2cc(CN(C(C)=O)C(C)C(=O)NC(C)(C)C)ccc21. The van der Waals surface area contributed by atoms with Gasteiger partial charge >= 0.3 is 0 Å². The summed E-state index contributed by atoms with van der Waals surface area (Å²) in [5.41, 5.74) is 3.17. The minimum absolute atomic E-state index is 0.106. The molecular formula is C28H39N3O2. The van der Waals surface area contributed by atoms with Crippen LogP contribution in [0.4, 0.5) is 0 Å². The van der Waals surface area contributed by atoms with E-state index in [9.17, 15) is 9.59 Å². The summed E-state index contributed by atoms with van der Waals surface area (Å²) in [5, 5.41) is 5.43. The van der Waals surface area contributed by atoms with Crippen LogP contribution in [0.25, 0.3) is 21.8 Å². The largest absolute Gasteiger partial charge is 0.350 e. The van der Waals surface area contributed by atoms with Gasteiger partial charge < -0.3 is 14.8 Å². The van der Waals surface area contributed by atoms with Crippen molar-refractivity contribution in [2.45, 2.75) is 91.9 Å². The summed E-state index contributed by atoms with van der Waals surface area (Å²) in [4.78, 5) is 26.8. The molecule has 2 aromatic carbocycles. The van der Waals surface area contributed by atoms with Crippen LogP contribution < -0.4 is 5.32 Å². The first-order valence-electron chi connectivity index (χ1n) is 12.2. The number of carbonyl (C=O) groups excluding carboxylic acids is 2. The minimum atomic E-state index is -0.544. The van der Waals surface area contributed by atoms with Crippen LogP contribution in [0.2, 0.25) is 0 Å². The predicted molar refractivity (Wildman–Crippen MR) is 137 cm³/mol. The zero-order valence-electron chi connectivity index (χ0n) is 21.1. The third-order valence-electron chi connectivity index (χ3n) is 6.17. The summed E-state index contributed by atoms with van der Waals surface area (Å²) in [6.07, 6.45) is 4.91. The van der Waals surface area contributed by atoms with E-state index in [-0.39, 0.29) is 17.4 Å². The molecule has 5 heteroatoms. The highest BCUT2D eigenvalue weighted by atomic mass is 16.2. The van der Waals surface area contributed by atoms with Crippen molar-refractivity contribution >= 4 is 33.6 Å². The van der Waals surface area contributed by atoms with Gasteiger partial charge in [-0.05, 0) is 57.9 Å². The van der Waals surface area contributed by atoms with Gasteiger partial charge in [-0.3, -0.25) is 9.59 Å². The Morgan fingerprint density at radius 2 is 1.70 bits per heavy atom. The van der Waals surface area contributed by atoms with Crippen molar-refractivity contribution in [3.05, 3.63) is 48.0 Å². The lowest BCUT2D eigenvalue weighted by Crippen LogP contribution is -2.51. The van der Waals surface area contributed by atoms with Gasteiger partial charge in [-0.2, -0.15) is 0 Å². The van der Waals surface area contributed by atoms with Crippen LogP contribution in [0.5, 0.6) is 0 Å². The average Bonchev–Trinajstić information content (AvgIpc) is 3.06. The van der Waals surface area contributed by atoms with Gasteiger partial charge in [0.25, 0.3) is 0 Å². The van der Waals surface area contributed by atoms with Crippen LogP contribution in [0.3, 0.4) is 0 Å². The van der Waals surface area contributed by atoms with Crippen molar-refractivity contribution in [1.82, 2.24) is 14.8 Å². The molecule has 1 unspecified atom stereocenters. The number of nitrogens with one attached hydrogen (secondary N) is 1. The molecule has 178 valence electrons. The number of benzene rings is 2. The fourth-order valence-corrected chi connectivity index (χ4v) is 4.47. The van der Waals surface area contributed by atoms with Gasteiger partial charge in [0, 0.05) is 47.4 Å². The number of carbonyl (C=O) groups is 2. The van der Waals surface area contributed by atoms with Gasteiger partial charge in [0.15, 0.2) is 0 Å². The third kappa shape index (κ3) is 5.95. The fraction of sp³-hybridized carbons (Fsp3) is 0.500. The van der Waals surface area contributed by atoms with Crippen molar-refractivity contribution in [1.29, 1.82) is 0 Å². The maximum Gasteiger partial charge on any atom is 0.242 e. The minimum Gasteiger partial charge on any atom is -0.350 e. The van der Waals surface area contributed by atoms with Gasteiger partial charge in [-0.25, -0.2) is 0 Å². The lowest BCUT2D eigenvalue weighted by molar-refractivity contribution is -0.139. The maximum atomic E-state index is 12.7. The molecule has 1 heterocycles. The van der Waals surface area contributed by atoms with Crippen molar-refractivity contribution in [2.24, 2.45) is 0 Å². The molecule has 1 N–H and O–H groups in total. The molecule has 0 saturated heterocycles. The Balaban J connectivity index is 1.91. The van der Waals surface area contributed by atoms with Gasteiger partial charge in [-0.1, -0.05) is 50.5 Å². The number of aryl methyl sites for hydroxylation is 1. The van der Waals surface area contributed by atoms with E-state index in [1.807, 2.05) is 20.8 Å². The molecule has 0 saturated carbocycles. The Bertz CT molecular complexity index is 1120. The molecule has 0 bridgehead atoms. The summed E-state index contributed by atoms with van der Waals surface area (Å²) in [5.74, 6) is -0.243. The Kier molecular flexibility index (Phi) is 7.83. The molecule has 1 aromatic heterocycles. The smallest absolute Gasteiger partial charge is 0.242 e. The number of hydrogen-bond acceptors (Lipinski definition) is 2. The molecule has 0 aliphatic carbocycles. The quantitative estimate of drug-likeness (QED) is 0.406. The van der Waals surface area contributed by atoms with Gasteiger partial charge in [0.2, 0.25) is 11.8 Å². The lowest BCUT2D eigenvalue weighted by atomic mass is 10.1. The molecule has 3 aromatic rings. The summed E-state index contributed by atoms with van der Waals surface area (Å²) in [6, 6.07) is 14.4. The van der Waals surface area contributed by atoms with Crippen LogP contribution in [0.15, 0.2) is 42.5 Å². The van der Waals surface area contributed by atoms with Crippen LogP contribution in [0.1, 0.15) is 72.8 Å². The highest BCUT2D eigenvalue weighted by Gasteiger charge is 2.26. The Morgan fingerprint density at radius 1 is 1.00 bits per heavy atom. The van der Waals surface area contributed by atoms with Crippen molar-refractivity contribution in [2.75, 3.05) is 0 Å². The third-order valence-corrected chi connectivity index (χ3v) is 6.17. The highest BCUT2D eigenvalue weighted by molar-refractivity contribution is 6.08.